The van der Waals surface area contributed by atoms with E-state index < -0.39 is 0 Å². The molecule has 0 radical (unpaired) electrons. The van der Waals surface area contributed by atoms with Gasteiger partial charge in [-0.05, 0) is 13.0 Å². The van der Waals surface area contributed by atoms with Crippen LogP contribution in [0.3, 0.4) is 0 Å². The highest BCUT2D eigenvalue weighted by Crippen LogP contribution is 2.14. The smallest absolute Gasteiger partial charge is 0.221 e. The van der Waals surface area contributed by atoms with Gasteiger partial charge in [0.2, 0.25) is 5.91 Å². The van der Waals surface area contributed by atoms with Gasteiger partial charge in [0.25, 0.3) is 0 Å². The second-order valence-electron chi connectivity index (χ2n) is 3.66. The molecule has 1 unspecified atom stereocenters. The molecule has 0 aromatic carbocycles. The van der Waals surface area contributed by atoms with Gasteiger partial charge in [-0.1, -0.05) is 0 Å². The Morgan fingerprint density at radius 2 is 1.93 bits per heavy atom. The number of hydrogen-bond acceptors (Lipinski definition) is 3. The van der Waals surface area contributed by atoms with Gasteiger partial charge in [0.15, 0.2) is 0 Å². The predicted octanol–water partition coefficient (Wildman–Crippen LogP) is -0.328. The molecule has 2 aliphatic heterocycles. The van der Waals surface area contributed by atoms with E-state index >= 15 is 0 Å². The summed E-state index contributed by atoms with van der Waals surface area (Å²) in [6, 6.07) is 0. The monoisotopic (exact) mass is 241 g/mol. The zero-order chi connectivity index (χ0) is 8.44. The fraction of sp³-hybridized carbons (Fsp3) is 0.875. The third kappa shape index (κ3) is 2.98. The van der Waals surface area contributed by atoms with E-state index in [4.69, 9.17) is 0 Å². The summed E-state index contributed by atoms with van der Waals surface area (Å²) >= 11 is 0. The van der Waals surface area contributed by atoms with Crippen molar-refractivity contribution in [3.05, 3.63) is 0 Å². The summed E-state index contributed by atoms with van der Waals surface area (Å²) in [6.45, 7) is 3.63. The Morgan fingerprint density at radius 1 is 1.14 bits per heavy atom. The maximum Gasteiger partial charge on any atom is 0.221 e. The van der Waals surface area contributed by atoms with Crippen LogP contribution in [0.5, 0.6) is 0 Å². The molecule has 2 fully saturated rings. The summed E-state index contributed by atoms with van der Waals surface area (Å²) in [5.41, 5.74) is 0.145. The van der Waals surface area contributed by atoms with Crippen LogP contribution >= 0.6 is 24.8 Å². The van der Waals surface area contributed by atoms with Crippen LogP contribution in [-0.2, 0) is 4.79 Å². The first-order valence-electron chi connectivity index (χ1n) is 4.53. The number of carbonyl (C=O) groups is 1. The number of halogens is 2. The lowest BCUT2D eigenvalue weighted by atomic mass is 9.99. The molecule has 1 atom stereocenters. The molecule has 6 heteroatoms. The molecule has 14 heavy (non-hydrogen) atoms. The average Bonchev–Trinajstić information content (AvgIpc) is 2.42. The second kappa shape index (κ2) is 5.75. The molecule has 0 saturated carbocycles. The van der Waals surface area contributed by atoms with Crippen LogP contribution in [-0.4, -0.2) is 37.6 Å². The Kier molecular flexibility index (Phi) is 5.74. The summed E-state index contributed by atoms with van der Waals surface area (Å²) < 4.78 is 0. The topological polar surface area (TPSA) is 53.2 Å². The summed E-state index contributed by atoms with van der Waals surface area (Å²) in [6.07, 6.45) is 1.73. The molecule has 84 valence electrons. The molecule has 2 rings (SSSR count). The fourth-order valence-electron chi connectivity index (χ4n) is 1.91. The number of rotatable bonds is 0. The van der Waals surface area contributed by atoms with Crippen molar-refractivity contribution in [3.8, 4) is 0 Å². The first-order valence-corrected chi connectivity index (χ1v) is 4.53. The van der Waals surface area contributed by atoms with Crippen molar-refractivity contribution in [3.63, 3.8) is 0 Å². The zero-order valence-corrected chi connectivity index (χ0v) is 9.60. The number of carbonyl (C=O) groups excluding carboxylic acids is 1. The molecule has 4 nitrogen and oxygen atoms in total. The molecule has 2 aliphatic rings. The largest absolute Gasteiger partial charge is 0.354 e. The maximum absolute atomic E-state index is 11.1. The van der Waals surface area contributed by atoms with Crippen LogP contribution < -0.4 is 16.0 Å². The minimum atomic E-state index is 0. The third-order valence-corrected chi connectivity index (χ3v) is 2.72. The van der Waals surface area contributed by atoms with Crippen LogP contribution in [0.2, 0.25) is 0 Å². The van der Waals surface area contributed by atoms with Crippen LogP contribution in [0.4, 0.5) is 0 Å². The second-order valence-corrected chi connectivity index (χ2v) is 3.66. The highest BCUT2D eigenvalue weighted by atomic mass is 35.5. The van der Waals surface area contributed by atoms with Gasteiger partial charge >= 0.3 is 0 Å². The standard InChI is InChI=1S/C8H15N3O.2ClH/c12-7-1-3-11-8(6-10-7)2-4-9-5-8;;/h9,11H,1-6H2,(H,10,12);2*1H. The molecule has 3 N–H and O–H groups in total. The van der Waals surface area contributed by atoms with Crippen molar-refractivity contribution in [1.29, 1.82) is 0 Å². The molecule has 0 aromatic rings. The van der Waals surface area contributed by atoms with Crippen LogP contribution in [0.1, 0.15) is 12.8 Å². The van der Waals surface area contributed by atoms with Crippen molar-refractivity contribution < 1.29 is 4.79 Å². The quantitative estimate of drug-likeness (QED) is 0.545. The van der Waals surface area contributed by atoms with Crippen molar-refractivity contribution >= 4 is 30.7 Å². The van der Waals surface area contributed by atoms with Crippen molar-refractivity contribution in [1.82, 2.24) is 16.0 Å². The lowest BCUT2D eigenvalue weighted by Crippen LogP contribution is -2.52. The lowest BCUT2D eigenvalue weighted by molar-refractivity contribution is -0.120. The van der Waals surface area contributed by atoms with Crippen molar-refractivity contribution in [2.45, 2.75) is 18.4 Å². The van der Waals surface area contributed by atoms with E-state index in [1.54, 1.807) is 0 Å². The summed E-state index contributed by atoms with van der Waals surface area (Å²) in [5.74, 6) is 0.172. The summed E-state index contributed by atoms with van der Waals surface area (Å²) in [7, 11) is 0. The summed E-state index contributed by atoms with van der Waals surface area (Å²) in [4.78, 5) is 11.1. The molecule has 0 aliphatic carbocycles. The van der Waals surface area contributed by atoms with Gasteiger partial charge in [-0.15, -0.1) is 24.8 Å². The SMILES string of the molecule is Cl.Cl.O=C1CCNC2(CCNC2)CN1. The molecule has 0 aromatic heterocycles. The van der Waals surface area contributed by atoms with E-state index in [1.165, 1.54) is 0 Å². The first kappa shape index (κ1) is 14.0. The molecule has 2 saturated heterocycles. The Labute approximate surface area is 96.4 Å². The fourth-order valence-corrected chi connectivity index (χ4v) is 1.91. The van der Waals surface area contributed by atoms with Gasteiger partial charge in [-0.2, -0.15) is 0 Å². The van der Waals surface area contributed by atoms with Crippen LogP contribution in [0.25, 0.3) is 0 Å². The summed E-state index contributed by atoms with van der Waals surface area (Å²) in [5, 5.41) is 9.69. The molecular weight excluding hydrogens is 225 g/mol. The minimum absolute atomic E-state index is 0. The van der Waals surface area contributed by atoms with Gasteiger partial charge in [0, 0.05) is 31.6 Å². The van der Waals surface area contributed by atoms with Crippen molar-refractivity contribution in [2.75, 3.05) is 26.2 Å². The minimum Gasteiger partial charge on any atom is -0.354 e. The Balaban J connectivity index is 0.000000845. The molecular formula is C8H17Cl2N3O. The van der Waals surface area contributed by atoms with E-state index in [0.29, 0.717) is 6.42 Å². The Hall–Kier alpha value is -0.0300. The number of nitrogens with one attached hydrogen (secondary N) is 3. The maximum atomic E-state index is 11.1. The van der Waals surface area contributed by atoms with Crippen LogP contribution in [0, 0.1) is 0 Å². The van der Waals surface area contributed by atoms with Gasteiger partial charge in [-0.3, -0.25) is 4.79 Å². The first-order chi connectivity index (χ1) is 5.81. The van der Waals surface area contributed by atoms with Crippen LogP contribution in [0.15, 0.2) is 0 Å². The van der Waals surface area contributed by atoms with E-state index in [2.05, 4.69) is 16.0 Å². The van der Waals surface area contributed by atoms with E-state index in [0.717, 1.165) is 32.6 Å². The third-order valence-electron chi connectivity index (χ3n) is 2.72. The zero-order valence-electron chi connectivity index (χ0n) is 7.97. The van der Waals surface area contributed by atoms with Gasteiger partial charge in [0.05, 0.1) is 0 Å². The molecule has 1 spiro atoms. The van der Waals surface area contributed by atoms with Gasteiger partial charge in [0.1, 0.15) is 0 Å². The lowest BCUT2D eigenvalue weighted by Gasteiger charge is -2.27. The van der Waals surface area contributed by atoms with Gasteiger partial charge in [-0.25, -0.2) is 0 Å². The predicted molar refractivity (Wildman–Crippen MR) is 60.3 cm³/mol. The highest BCUT2D eigenvalue weighted by molar-refractivity contribution is 5.85. The number of amides is 1. The highest BCUT2D eigenvalue weighted by Gasteiger charge is 2.34. The van der Waals surface area contributed by atoms with Crippen molar-refractivity contribution in [2.24, 2.45) is 0 Å². The van der Waals surface area contributed by atoms with E-state index in [9.17, 15) is 4.79 Å². The average molecular weight is 242 g/mol. The normalized spacial score (nSPS) is 31.3. The van der Waals surface area contributed by atoms with E-state index in [-0.39, 0.29) is 36.3 Å². The molecule has 1 amide bonds. The molecule has 2 heterocycles. The Bertz CT molecular complexity index is 195. The molecule has 0 bridgehead atoms. The van der Waals surface area contributed by atoms with E-state index in [1.807, 2.05) is 0 Å². The van der Waals surface area contributed by atoms with Gasteiger partial charge < -0.3 is 16.0 Å². The Morgan fingerprint density at radius 3 is 2.57 bits per heavy atom. The number of hydrogen-bond donors (Lipinski definition) is 3.